The largest absolute Gasteiger partial charge is 0.483 e. The van der Waals surface area contributed by atoms with Crippen LogP contribution in [0.25, 0.3) is 22.0 Å². The molecule has 0 unspecified atom stereocenters. The van der Waals surface area contributed by atoms with Gasteiger partial charge in [-0.15, -0.1) is 0 Å². The van der Waals surface area contributed by atoms with E-state index in [-0.39, 0.29) is 6.47 Å². The Bertz CT molecular complexity index is 1130. The Hall–Kier alpha value is -3.12. The standard InChI is InChI=1S/C23H27N3.C4H10O.CH2O2/c1-6-19-17(4)22-23-20(21(19)18-9-7-15(2)8-10-18)13-16(3)26(23)12-11-25(22)14-24-5;1-4(2,3)5;2-1-3/h7-10,13H,5-6,11-12,14H2,1-4H3;5H,1-3H3;1H,(H,2,3). The Morgan fingerprint density at radius 3 is 2.18 bits per heavy atom. The quantitative estimate of drug-likeness (QED) is 0.380. The number of aryl methyl sites for hydroxylation is 2. The van der Waals surface area contributed by atoms with Crippen molar-refractivity contribution in [2.45, 2.75) is 67.0 Å². The molecule has 0 bridgehead atoms. The molecule has 0 saturated carbocycles. The van der Waals surface area contributed by atoms with Crippen molar-refractivity contribution in [3.63, 3.8) is 0 Å². The van der Waals surface area contributed by atoms with Gasteiger partial charge < -0.3 is 19.7 Å². The monoisotopic (exact) mass is 465 g/mol. The molecule has 2 heterocycles. The first-order chi connectivity index (χ1) is 16.0. The highest BCUT2D eigenvalue weighted by molar-refractivity contribution is 6.06. The van der Waals surface area contributed by atoms with E-state index in [2.05, 4.69) is 79.2 Å². The molecule has 1 aromatic heterocycles. The lowest BCUT2D eigenvalue weighted by molar-refractivity contribution is -0.122. The van der Waals surface area contributed by atoms with Crippen molar-refractivity contribution in [1.82, 2.24) is 4.57 Å². The van der Waals surface area contributed by atoms with Gasteiger partial charge in [-0.05, 0) is 83.0 Å². The lowest BCUT2D eigenvalue weighted by Gasteiger charge is -2.33. The Labute approximate surface area is 203 Å². The second-order valence-electron chi connectivity index (χ2n) is 9.65. The van der Waals surface area contributed by atoms with Gasteiger partial charge >= 0.3 is 0 Å². The maximum atomic E-state index is 8.52. The third-order valence-electron chi connectivity index (χ3n) is 5.78. The molecule has 2 N–H and O–H groups in total. The summed E-state index contributed by atoms with van der Waals surface area (Å²) in [5, 5.41) is 16.8. The summed E-state index contributed by atoms with van der Waals surface area (Å²) in [4.78, 5) is 14.9. The molecule has 184 valence electrons. The predicted octanol–water partition coefficient (Wildman–Crippen LogP) is 5.75. The molecule has 0 radical (unpaired) electrons. The zero-order valence-corrected chi connectivity index (χ0v) is 21.6. The van der Waals surface area contributed by atoms with Crippen LogP contribution in [0, 0.1) is 20.8 Å². The van der Waals surface area contributed by atoms with Crippen LogP contribution in [0.3, 0.4) is 0 Å². The summed E-state index contributed by atoms with van der Waals surface area (Å²) >= 11 is 0. The third kappa shape index (κ3) is 6.06. The molecule has 1 aliphatic heterocycles. The number of aromatic nitrogens is 1. The fraction of sp³-hybridized carbons (Fsp3) is 0.429. The molecule has 6 nitrogen and oxygen atoms in total. The van der Waals surface area contributed by atoms with E-state index < -0.39 is 5.60 Å². The summed E-state index contributed by atoms with van der Waals surface area (Å²) in [7, 11) is 0. The molecule has 6 heteroatoms. The molecule has 2 aromatic carbocycles. The SMILES string of the molecule is C=NCN1CCn2c(C)cc3c(-c4ccc(C)cc4)c(CC)c(C)c1c32.CC(C)(C)O.O=CO. The molecular weight excluding hydrogens is 426 g/mol. The van der Waals surface area contributed by atoms with E-state index in [4.69, 9.17) is 15.0 Å². The van der Waals surface area contributed by atoms with E-state index in [0.29, 0.717) is 6.67 Å². The fourth-order valence-corrected chi connectivity index (χ4v) is 4.56. The van der Waals surface area contributed by atoms with Crippen LogP contribution in [0.5, 0.6) is 0 Å². The summed E-state index contributed by atoms with van der Waals surface area (Å²) < 4.78 is 2.48. The average molecular weight is 466 g/mol. The normalized spacial score (nSPS) is 12.4. The Kier molecular flexibility index (Phi) is 9.05. The highest BCUT2D eigenvalue weighted by atomic mass is 16.3. The Morgan fingerprint density at radius 1 is 1.12 bits per heavy atom. The van der Waals surface area contributed by atoms with Crippen LogP contribution in [0.2, 0.25) is 0 Å². The predicted molar refractivity (Wildman–Crippen MR) is 143 cm³/mol. The summed E-state index contributed by atoms with van der Waals surface area (Å²) in [5.74, 6) is 0. The smallest absolute Gasteiger partial charge is 0.290 e. The van der Waals surface area contributed by atoms with Gasteiger partial charge in [-0.25, -0.2) is 0 Å². The van der Waals surface area contributed by atoms with E-state index >= 15 is 0 Å². The summed E-state index contributed by atoms with van der Waals surface area (Å²) in [6, 6.07) is 11.3. The summed E-state index contributed by atoms with van der Waals surface area (Å²) in [6.45, 7) is 20.3. The van der Waals surface area contributed by atoms with Crippen molar-refractivity contribution in [3.8, 4) is 11.1 Å². The van der Waals surface area contributed by atoms with Gasteiger partial charge in [-0.2, -0.15) is 0 Å². The topological polar surface area (TPSA) is 78.1 Å². The van der Waals surface area contributed by atoms with E-state index in [0.717, 1.165) is 19.5 Å². The average Bonchev–Trinajstić information content (AvgIpc) is 3.08. The van der Waals surface area contributed by atoms with Gasteiger partial charge in [0.15, 0.2) is 0 Å². The van der Waals surface area contributed by atoms with Gasteiger partial charge in [0.1, 0.15) is 6.67 Å². The minimum absolute atomic E-state index is 0.250. The molecule has 34 heavy (non-hydrogen) atoms. The van der Waals surface area contributed by atoms with Crippen LogP contribution in [0.4, 0.5) is 5.69 Å². The highest BCUT2D eigenvalue weighted by Gasteiger charge is 2.27. The second-order valence-corrected chi connectivity index (χ2v) is 9.65. The second kappa shape index (κ2) is 11.3. The number of aliphatic imine (C=N–C) groups is 1. The minimum Gasteiger partial charge on any atom is -0.483 e. The molecule has 0 fully saturated rings. The first-order valence-electron chi connectivity index (χ1n) is 11.7. The van der Waals surface area contributed by atoms with Crippen molar-refractivity contribution in [2.24, 2.45) is 4.99 Å². The third-order valence-corrected chi connectivity index (χ3v) is 5.78. The van der Waals surface area contributed by atoms with Gasteiger partial charge in [0.25, 0.3) is 6.47 Å². The number of benzene rings is 2. The van der Waals surface area contributed by atoms with Crippen molar-refractivity contribution in [1.29, 1.82) is 0 Å². The lowest BCUT2D eigenvalue weighted by atomic mass is 9.89. The molecule has 0 spiro atoms. The number of carbonyl (C=O) groups is 1. The molecule has 0 saturated heterocycles. The minimum atomic E-state index is -0.500. The maximum Gasteiger partial charge on any atom is 0.290 e. The zero-order valence-electron chi connectivity index (χ0n) is 21.6. The van der Waals surface area contributed by atoms with E-state index in [1.165, 1.54) is 50.1 Å². The highest BCUT2D eigenvalue weighted by Crippen LogP contribution is 2.44. The number of hydrogen-bond acceptors (Lipinski definition) is 4. The number of carboxylic acid groups (broad SMARTS) is 1. The van der Waals surface area contributed by atoms with Crippen LogP contribution in [-0.4, -0.2) is 46.8 Å². The lowest BCUT2D eigenvalue weighted by Crippen LogP contribution is -2.32. The number of rotatable bonds is 4. The van der Waals surface area contributed by atoms with Crippen molar-refractivity contribution >= 4 is 29.8 Å². The molecule has 0 aliphatic carbocycles. The van der Waals surface area contributed by atoms with Gasteiger partial charge in [-0.3, -0.25) is 9.79 Å². The molecule has 4 rings (SSSR count). The van der Waals surface area contributed by atoms with Crippen LogP contribution in [-0.2, 0) is 17.8 Å². The van der Waals surface area contributed by atoms with Crippen LogP contribution >= 0.6 is 0 Å². The van der Waals surface area contributed by atoms with Crippen LogP contribution < -0.4 is 4.90 Å². The van der Waals surface area contributed by atoms with Crippen LogP contribution in [0.15, 0.2) is 35.3 Å². The number of anilines is 1. The van der Waals surface area contributed by atoms with Crippen molar-refractivity contribution in [3.05, 3.63) is 52.7 Å². The van der Waals surface area contributed by atoms with Gasteiger partial charge in [-0.1, -0.05) is 36.8 Å². The number of hydrogen-bond donors (Lipinski definition) is 2. The fourth-order valence-electron chi connectivity index (χ4n) is 4.56. The Balaban J connectivity index is 0.000000447. The zero-order chi connectivity index (χ0) is 25.6. The molecule has 0 atom stereocenters. The van der Waals surface area contributed by atoms with E-state index in [1.54, 1.807) is 20.8 Å². The Morgan fingerprint density at radius 2 is 1.68 bits per heavy atom. The van der Waals surface area contributed by atoms with E-state index in [1.807, 2.05) is 0 Å². The first kappa shape index (κ1) is 27.1. The molecular formula is C28H39N3O3. The van der Waals surface area contributed by atoms with Gasteiger partial charge in [0.2, 0.25) is 0 Å². The first-order valence-corrected chi connectivity index (χ1v) is 11.7. The molecule has 1 aliphatic rings. The van der Waals surface area contributed by atoms with Gasteiger partial charge in [0, 0.05) is 24.2 Å². The van der Waals surface area contributed by atoms with Crippen molar-refractivity contribution in [2.75, 3.05) is 18.1 Å². The molecule has 3 aromatic rings. The van der Waals surface area contributed by atoms with Crippen molar-refractivity contribution < 1.29 is 15.0 Å². The maximum absolute atomic E-state index is 8.52. The van der Waals surface area contributed by atoms with Gasteiger partial charge in [0.05, 0.1) is 16.8 Å². The number of nitrogens with zero attached hydrogens (tertiary/aromatic N) is 3. The summed E-state index contributed by atoms with van der Waals surface area (Å²) in [5.41, 5.74) is 10.4. The number of aliphatic hydroxyl groups is 1. The van der Waals surface area contributed by atoms with E-state index in [9.17, 15) is 0 Å². The molecule has 0 amide bonds. The summed E-state index contributed by atoms with van der Waals surface area (Å²) in [6.07, 6.45) is 1.03. The van der Waals surface area contributed by atoms with Crippen LogP contribution in [0.1, 0.15) is 50.1 Å².